The van der Waals surface area contributed by atoms with Crippen LogP contribution in [-0.2, 0) is 19.6 Å². The Bertz CT molecular complexity index is 664. The number of nitrogens with one attached hydrogen (secondary N) is 1. The maximum atomic E-state index is 12.4. The van der Waals surface area contributed by atoms with E-state index in [1.54, 1.807) is 13.8 Å². The molecule has 126 valence electrons. The lowest BCUT2D eigenvalue weighted by molar-refractivity contribution is -0.149. The molecule has 1 aromatic rings. The van der Waals surface area contributed by atoms with E-state index in [2.05, 4.69) is 4.72 Å². The fourth-order valence-corrected chi connectivity index (χ4v) is 3.43. The lowest BCUT2D eigenvalue weighted by atomic mass is 10.2. The molecule has 0 saturated carbocycles. The number of carbonyl (C=O) groups excluding carboxylic acids is 1. The van der Waals surface area contributed by atoms with E-state index in [0.29, 0.717) is 17.7 Å². The molecule has 0 bridgehead atoms. The number of nitriles is 1. The summed E-state index contributed by atoms with van der Waals surface area (Å²) < 4.78 is 32.3. The monoisotopic (exact) mass is 356 g/mol. The summed E-state index contributed by atoms with van der Waals surface area (Å²) >= 11 is 1.51. The Morgan fingerprint density at radius 2 is 1.96 bits per heavy atom. The predicted octanol–water partition coefficient (Wildman–Crippen LogP) is 1.91. The van der Waals surface area contributed by atoms with Gasteiger partial charge in [-0.3, -0.25) is 4.79 Å². The van der Waals surface area contributed by atoms with E-state index in [9.17, 15) is 13.2 Å². The van der Waals surface area contributed by atoms with Gasteiger partial charge in [0.2, 0.25) is 10.0 Å². The first-order valence-corrected chi connectivity index (χ1v) is 9.89. The molecule has 6 nitrogen and oxygen atoms in total. The van der Waals surface area contributed by atoms with Crippen molar-refractivity contribution in [3.8, 4) is 6.07 Å². The molecule has 0 aliphatic carbocycles. The lowest BCUT2D eigenvalue weighted by Crippen LogP contribution is -2.42. The van der Waals surface area contributed by atoms with E-state index < -0.39 is 22.0 Å². The first-order valence-electron chi connectivity index (χ1n) is 7.02. The molecule has 0 radical (unpaired) electrons. The third kappa shape index (κ3) is 6.22. The van der Waals surface area contributed by atoms with Crippen LogP contribution in [-0.4, -0.2) is 38.5 Å². The number of benzene rings is 1. The first kappa shape index (κ1) is 19.5. The van der Waals surface area contributed by atoms with E-state index in [4.69, 9.17) is 10.00 Å². The summed E-state index contributed by atoms with van der Waals surface area (Å²) in [6.07, 6.45) is 1.89. The Morgan fingerprint density at radius 3 is 2.43 bits per heavy atom. The molecule has 0 fully saturated rings. The molecule has 1 N–H and O–H groups in total. The van der Waals surface area contributed by atoms with Crippen molar-refractivity contribution in [3.05, 3.63) is 29.8 Å². The SMILES string of the molecule is CSCCC(NS(=O)(=O)c1ccc(C#N)cc1)C(=O)OC(C)C. The molecule has 1 rings (SSSR count). The van der Waals surface area contributed by atoms with Crippen molar-refractivity contribution in [2.45, 2.75) is 37.3 Å². The van der Waals surface area contributed by atoms with Crippen LogP contribution in [0.1, 0.15) is 25.8 Å². The standard InChI is InChI=1S/C15H20N2O4S2/c1-11(2)21-15(18)14(8-9-22-3)17-23(19,20)13-6-4-12(10-16)5-7-13/h4-7,11,14,17H,8-9H2,1-3H3. The van der Waals surface area contributed by atoms with E-state index >= 15 is 0 Å². The zero-order valence-corrected chi connectivity index (χ0v) is 14.9. The average Bonchev–Trinajstić information content (AvgIpc) is 2.50. The minimum absolute atomic E-state index is 0.00278. The second-order valence-corrected chi connectivity index (χ2v) is 7.78. The number of carbonyl (C=O) groups is 1. The topological polar surface area (TPSA) is 96.3 Å². The van der Waals surface area contributed by atoms with Gasteiger partial charge >= 0.3 is 5.97 Å². The van der Waals surface area contributed by atoms with E-state index in [-0.39, 0.29) is 11.0 Å². The molecule has 1 atom stereocenters. The molecule has 0 aromatic heterocycles. The van der Waals surface area contributed by atoms with Crippen LogP contribution in [0.4, 0.5) is 0 Å². The molecule has 0 heterocycles. The van der Waals surface area contributed by atoms with Crippen LogP contribution >= 0.6 is 11.8 Å². The van der Waals surface area contributed by atoms with Gasteiger partial charge in [-0.1, -0.05) is 0 Å². The fourth-order valence-electron chi connectivity index (χ4n) is 1.74. The molecule has 23 heavy (non-hydrogen) atoms. The number of ether oxygens (including phenoxy) is 1. The Hall–Kier alpha value is -1.56. The van der Waals surface area contributed by atoms with Crippen LogP contribution in [0.2, 0.25) is 0 Å². The third-order valence-corrected chi connectivity index (χ3v) is 4.97. The van der Waals surface area contributed by atoms with Gasteiger partial charge in [-0.05, 0) is 56.5 Å². The largest absolute Gasteiger partial charge is 0.462 e. The highest BCUT2D eigenvalue weighted by molar-refractivity contribution is 7.98. The van der Waals surface area contributed by atoms with Gasteiger partial charge in [0.1, 0.15) is 6.04 Å². The quantitative estimate of drug-likeness (QED) is 0.715. The van der Waals surface area contributed by atoms with E-state index in [1.165, 1.54) is 36.0 Å². The van der Waals surface area contributed by atoms with Crippen molar-refractivity contribution in [1.29, 1.82) is 5.26 Å². The van der Waals surface area contributed by atoms with Crippen molar-refractivity contribution < 1.29 is 17.9 Å². The number of nitrogens with zero attached hydrogens (tertiary/aromatic N) is 1. The molecule has 0 saturated heterocycles. The smallest absolute Gasteiger partial charge is 0.324 e. The minimum Gasteiger partial charge on any atom is -0.462 e. The number of hydrogen-bond acceptors (Lipinski definition) is 6. The Labute approximate surface area is 141 Å². The predicted molar refractivity (Wildman–Crippen MR) is 89.5 cm³/mol. The fraction of sp³-hybridized carbons (Fsp3) is 0.467. The Balaban J connectivity index is 2.94. The van der Waals surface area contributed by atoms with Crippen molar-refractivity contribution in [2.24, 2.45) is 0 Å². The maximum absolute atomic E-state index is 12.4. The van der Waals surface area contributed by atoms with Crippen LogP contribution in [0.15, 0.2) is 29.2 Å². The van der Waals surface area contributed by atoms with Gasteiger partial charge in [0.15, 0.2) is 0 Å². The van der Waals surface area contributed by atoms with E-state index in [0.717, 1.165) is 0 Å². The summed E-state index contributed by atoms with van der Waals surface area (Å²) in [7, 11) is -3.87. The van der Waals surface area contributed by atoms with Gasteiger partial charge in [-0.2, -0.15) is 21.7 Å². The van der Waals surface area contributed by atoms with Crippen LogP contribution in [0.5, 0.6) is 0 Å². The summed E-state index contributed by atoms with van der Waals surface area (Å²) in [5, 5.41) is 8.75. The number of hydrogen-bond donors (Lipinski definition) is 1. The molecule has 1 unspecified atom stereocenters. The zero-order valence-electron chi connectivity index (χ0n) is 13.3. The zero-order chi connectivity index (χ0) is 17.5. The van der Waals surface area contributed by atoms with Crippen molar-refractivity contribution in [3.63, 3.8) is 0 Å². The number of rotatable bonds is 8. The molecule has 0 aliphatic rings. The van der Waals surface area contributed by atoms with Crippen LogP contribution < -0.4 is 4.72 Å². The molecule has 0 aliphatic heterocycles. The Kier molecular flexibility index (Phi) is 7.55. The summed E-state index contributed by atoms with van der Waals surface area (Å²) in [5.74, 6) is 0.0274. The third-order valence-electron chi connectivity index (χ3n) is 2.84. The van der Waals surface area contributed by atoms with Crippen molar-refractivity contribution >= 4 is 27.8 Å². The summed E-state index contributed by atoms with van der Waals surface area (Å²) in [5.41, 5.74) is 0.363. The van der Waals surface area contributed by atoms with Gasteiger partial charge in [0.05, 0.1) is 22.6 Å². The highest BCUT2D eigenvalue weighted by Crippen LogP contribution is 2.13. The minimum atomic E-state index is -3.87. The van der Waals surface area contributed by atoms with Gasteiger partial charge in [0, 0.05) is 0 Å². The average molecular weight is 356 g/mol. The Morgan fingerprint density at radius 1 is 1.35 bits per heavy atom. The van der Waals surface area contributed by atoms with Crippen molar-refractivity contribution in [2.75, 3.05) is 12.0 Å². The number of sulfonamides is 1. The van der Waals surface area contributed by atoms with Crippen molar-refractivity contribution in [1.82, 2.24) is 4.72 Å². The normalized spacial score (nSPS) is 12.7. The van der Waals surface area contributed by atoms with Gasteiger partial charge in [0.25, 0.3) is 0 Å². The molecule has 8 heteroatoms. The van der Waals surface area contributed by atoms with Gasteiger partial charge in [-0.25, -0.2) is 8.42 Å². The number of thioether (sulfide) groups is 1. The van der Waals surface area contributed by atoms with Crippen LogP contribution in [0.3, 0.4) is 0 Å². The molecular weight excluding hydrogens is 336 g/mol. The second kappa shape index (κ2) is 8.91. The molecule has 1 aromatic carbocycles. The first-order chi connectivity index (χ1) is 10.8. The van der Waals surface area contributed by atoms with Gasteiger partial charge < -0.3 is 4.74 Å². The summed E-state index contributed by atoms with van der Waals surface area (Å²) in [6.45, 7) is 3.41. The maximum Gasteiger partial charge on any atom is 0.324 e. The molecular formula is C15H20N2O4S2. The highest BCUT2D eigenvalue weighted by atomic mass is 32.2. The summed E-state index contributed by atoms with van der Waals surface area (Å²) in [4.78, 5) is 12.1. The van der Waals surface area contributed by atoms with Crippen LogP contribution in [0.25, 0.3) is 0 Å². The van der Waals surface area contributed by atoms with E-state index in [1.807, 2.05) is 12.3 Å². The van der Waals surface area contributed by atoms with Crippen LogP contribution in [0, 0.1) is 11.3 Å². The molecule has 0 spiro atoms. The highest BCUT2D eigenvalue weighted by Gasteiger charge is 2.27. The number of esters is 1. The summed E-state index contributed by atoms with van der Waals surface area (Å²) in [6, 6.07) is 6.48. The molecule has 0 amide bonds. The lowest BCUT2D eigenvalue weighted by Gasteiger charge is -2.19. The second-order valence-electron chi connectivity index (χ2n) is 5.08. The van der Waals surface area contributed by atoms with Gasteiger partial charge in [-0.15, -0.1) is 0 Å².